The molecule has 1 aromatic heterocycles. The summed E-state index contributed by atoms with van der Waals surface area (Å²) in [6, 6.07) is 15.0. The second kappa shape index (κ2) is 5.25. The van der Waals surface area contributed by atoms with Gasteiger partial charge in [-0.2, -0.15) is 0 Å². The SMILES string of the molecule is O=C(O)CC(=O)c1cccc(-c2ccc3[nH]ccc3c2)c1. The van der Waals surface area contributed by atoms with Crippen LogP contribution in [0.5, 0.6) is 0 Å². The maximum atomic E-state index is 11.8. The average Bonchev–Trinajstić information content (AvgIpc) is 2.94. The number of H-pyrrole nitrogens is 1. The van der Waals surface area contributed by atoms with Crippen molar-refractivity contribution in [2.45, 2.75) is 6.42 Å². The number of carboxylic acids is 1. The smallest absolute Gasteiger partial charge is 0.311 e. The lowest BCUT2D eigenvalue weighted by Gasteiger charge is -2.05. The number of hydrogen-bond acceptors (Lipinski definition) is 2. The highest BCUT2D eigenvalue weighted by molar-refractivity contribution is 6.06. The third-order valence-electron chi connectivity index (χ3n) is 3.38. The first-order valence-corrected chi connectivity index (χ1v) is 6.56. The molecule has 4 heteroatoms. The normalized spacial score (nSPS) is 10.7. The Hall–Kier alpha value is -2.88. The van der Waals surface area contributed by atoms with Crippen LogP contribution in [0.15, 0.2) is 54.7 Å². The molecular formula is C17H13NO3. The largest absolute Gasteiger partial charge is 0.481 e. The Labute approximate surface area is 121 Å². The number of benzene rings is 2. The molecule has 2 aromatic carbocycles. The molecule has 21 heavy (non-hydrogen) atoms. The van der Waals surface area contributed by atoms with Gasteiger partial charge in [0.15, 0.2) is 5.78 Å². The number of ketones is 1. The standard InChI is InChI=1S/C17H13NO3/c19-16(10-17(20)21)14-3-1-2-11(9-14)12-4-5-15-13(8-12)6-7-18-15/h1-9,18H,10H2,(H,20,21). The van der Waals surface area contributed by atoms with E-state index in [0.29, 0.717) is 5.56 Å². The summed E-state index contributed by atoms with van der Waals surface area (Å²) in [6.45, 7) is 0. The maximum Gasteiger partial charge on any atom is 0.311 e. The Bertz CT molecular complexity index is 833. The molecule has 0 bridgehead atoms. The van der Waals surface area contributed by atoms with Crippen molar-refractivity contribution in [3.8, 4) is 11.1 Å². The van der Waals surface area contributed by atoms with Crippen molar-refractivity contribution in [2.75, 3.05) is 0 Å². The van der Waals surface area contributed by atoms with Gasteiger partial charge in [-0.1, -0.05) is 24.3 Å². The highest BCUT2D eigenvalue weighted by Gasteiger charge is 2.11. The molecule has 1 heterocycles. The molecule has 0 saturated heterocycles. The zero-order chi connectivity index (χ0) is 14.8. The van der Waals surface area contributed by atoms with Gasteiger partial charge in [-0.25, -0.2) is 0 Å². The molecule has 2 N–H and O–H groups in total. The van der Waals surface area contributed by atoms with Gasteiger partial charge < -0.3 is 10.1 Å². The number of carbonyl (C=O) groups excluding carboxylic acids is 1. The summed E-state index contributed by atoms with van der Waals surface area (Å²) in [5, 5.41) is 9.79. The van der Waals surface area contributed by atoms with E-state index in [4.69, 9.17) is 5.11 Å². The summed E-state index contributed by atoms with van der Waals surface area (Å²) in [7, 11) is 0. The van der Waals surface area contributed by atoms with Gasteiger partial charge in [0.05, 0.1) is 0 Å². The molecule has 0 atom stereocenters. The van der Waals surface area contributed by atoms with E-state index in [9.17, 15) is 9.59 Å². The van der Waals surface area contributed by atoms with Crippen LogP contribution in [0, 0.1) is 0 Å². The van der Waals surface area contributed by atoms with Gasteiger partial charge in [0.2, 0.25) is 0 Å². The van der Waals surface area contributed by atoms with E-state index in [2.05, 4.69) is 4.98 Å². The minimum Gasteiger partial charge on any atom is -0.481 e. The van der Waals surface area contributed by atoms with Gasteiger partial charge in [0.25, 0.3) is 0 Å². The highest BCUT2D eigenvalue weighted by atomic mass is 16.4. The zero-order valence-corrected chi connectivity index (χ0v) is 11.2. The first-order valence-electron chi connectivity index (χ1n) is 6.56. The van der Waals surface area contributed by atoms with Gasteiger partial charge in [-0.3, -0.25) is 9.59 Å². The number of aliphatic carboxylic acids is 1. The van der Waals surface area contributed by atoms with Crippen LogP contribution < -0.4 is 0 Å². The molecule has 0 unspecified atom stereocenters. The summed E-state index contributed by atoms with van der Waals surface area (Å²) in [5.74, 6) is -1.49. The minimum absolute atomic E-state index is 0.382. The van der Waals surface area contributed by atoms with Gasteiger partial charge in [0, 0.05) is 17.3 Å². The molecular weight excluding hydrogens is 266 g/mol. The van der Waals surface area contributed by atoms with Crippen LogP contribution in [0.2, 0.25) is 0 Å². The predicted molar refractivity (Wildman–Crippen MR) is 80.3 cm³/mol. The quantitative estimate of drug-likeness (QED) is 0.567. The van der Waals surface area contributed by atoms with Crippen LogP contribution in [-0.2, 0) is 4.79 Å². The first-order chi connectivity index (χ1) is 10.1. The fourth-order valence-corrected chi connectivity index (χ4v) is 2.34. The molecule has 0 radical (unpaired) electrons. The third kappa shape index (κ3) is 2.69. The van der Waals surface area contributed by atoms with Crippen LogP contribution in [-0.4, -0.2) is 21.8 Å². The Morgan fingerprint density at radius 2 is 1.81 bits per heavy atom. The van der Waals surface area contributed by atoms with E-state index < -0.39 is 12.4 Å². The van der Waals surface area contributed by atoms with Crippen molar-refractivity contribution in [3.63, 3.8) is 0 Å². The van der Waals surface area contributed by atoms with E-state index in [-0.39, 0.29) is 5.78 Å². The van der Waals surface area contributed by atoms with Gasteiger partial charge in [-0.05, 0) is 40.8 Å². The number of Topliss-reactive ketones (excluding diaryl/α,β-unsaturated/α-hetero) is 1. The number of aromatic amines is 1. The molecule has 0 saturated carbocycles. The number of carboxylic acid groups (broad SMARTS) is 1. The number of nitrogens with one attached hydrogen (secondary N) is 1. The van der Waals surface area contributed by atoms with Crippen molar-refractivity contribution in [1.29, 1.82) is 0 Å². The lowest BCUT2D eigenvalue weighted by Crippen LogP contribution is -2.06. The van der Waals surface area contributed by atoms with Crippen LogP contribution in [0.1, 0.15) is 16.8 Å². The van der Waals surface area contributed by atoms with E-state index in [0.717, 1.165) is 22.0 Å². The van der Waals surface area contributed by atoms with Crippen molar-refractivity contribution in [3.05, 3.63) is 60.3 Å². The molecule has 0 fully saturated rings. The van der Waals surface area contributed by atoms with Crippen LogP contribution in [0.25, 0.3) is 22.0 Å². The highest BCUT2D eigenvalue weighted by Crippen LogP contribution is 2.25. The molecule has 3 rings (SSSR count). The number of fused-ring (bicyclic) bond motifs is 1. The van der Waals surface area contributed by atoms with Crippen molar-refractivity contribution < 1.29 is 14.7 Å². The molecule has 0 amide bonds. The molecule has 4 nitrogen and oxygen atoms in total. The summed E-state index contributed by atoms with van der Waals surface area (Å²) in [5.41, 5.74) is 3.36. The van der Waals surface area contributed by atoms with E-state index >= 15 is 0 Å². The lowest BCUT2D eigenvalue weighted by atomic mass is 9.99. The average molecular weight is 279 g/mol. The number of rotatable bonds is 4. The summed E-state index contributed by atoms with van der Waals surface area (Å²) in [6.07, 6.45) is 1.39. The van der Waals surface area contributed by atoms with Gasteiger partial charge >= 0.3 is 5.97 Å². The Kier molecular flexibility index (Phi) is 3.28. The Morgan fingerprint density at radius 3 is 2.62 bits per heavy atom. The van der Waals surface area contributed by atoms with Crippen LogP contribution in [0.3, 0.4) is 0 Å². The van der Waals surface area contributed by atoms with E-state index in [1.165, 1.54) is 0 Å². The summed E-state index contributed by atoms with van der Waals surface area (Å²) >= 11 is 0. The number of hydrogen-bond donors (Lipinski definition) is 2. The van der Waals surface area contributed by atoms with Crippen molar-refractivity contribution in [1.82, 2.24) is 4.98 Å². The second-order valence-electron chi connectivity index (χ2n) is 4.85. The summed E-state index contributed by atoms with van der Waals surface area (Å²) in [4.78, 5) is 25.6. The van der Waals surface area contributed by atoms with E-state index in [1.54, 1.807) is 18.2 Å². The fourth-order valence-electron chi connectivity index (χ4n) is 2.34. The second-order valence-corrected chi connectivity index (χ2v) is 4.85. The minimum atomic E-state index is -1.11. The molecule has 0 spiro atoms. The van der Waals surface area contributed by atoms with Crippen LogP contribution >= 0.6 is 0 Å². The maximum absolute atomic E-state index is 11.8. The fraction of sp³-hybridized carbons (Fsp3) is 0.0588. The lowest BCUT2D eigenvalue weighted by molar-refractivity contribution is -0.135. The number of carbonyl (C=O) groups is 2. The predicted octanol–water partition coefficient (Wildman–Crippen LogP) is 3.49. The molecule has 104 valence electrons. The van der Waals surface area contributed by atoms with Crippen molar-refractivity contribution >= 4 is 22.7 Å². The number of aromatic nitrogens is 1. The monoisotopic (exact) mass is 279 g/mol. The Balaban J connectivity index is 1.98. The zero-order valence-electron chi connectivity index (χ0n) is 11.2. The molecule has 0 aliphatic carbocycles. The topological polar surface area (TPSA) is 70.2 Å². The molecule has 0 aliphatic heterocycles. The third-order valence-corrected chi connectivity index (χ3v) is 3.38. The first kappa shape index (κ1) is 13.1. The molecule has 0 aliphatic rings. The molecule has 3 aromatic rings. The summed E-state index contributed by atoms with van der Waals surface area (Å²) < 4.78 is 0. The van der Waals surface area contributed by atoms with Gasteiger partial charge in [-0.15, -0.1) is 0 Å². The van der Waals surface area contributed by atoms with Crippen LogP contribution in [0.4, 0.5) is 0 Å². The van der Waals surface area contributed by atoms with Gasteiger partial charge in [0.1, 0.15) is 6.42 Å². The Morgan fingerprint density at radius 1 is 1.00 bits per heavy atom. The van der Waals surface area contributed by atoms with E-state index in [1.807, 2.05) is 36.5 Å². The van der Waals surface area contributed by atoms with Crippen molar-refractivity contribution in [2.24, 2.45) is 0 Å².